The van der Waals surface area contributed by atoms with Gasteiger partial charge in [0.15, 0.2) is 0 Å². The lowest BCUT2D eigenvalue weighted by molar-refractivity contribution is -0.119. The highest BCUT2D eigenvalue weighted by molar-refractivity contribution is 5.72. The third-order valence-electron chi connectivity index (χ3n) is 2.93. The van der Waals surface area contributed by atoms with Gasteiger partial charge in [-0.2, -0.15) is 0 Å². The molecule has 0 aromatic heterocycles. The summed E-state index contributed by atoms with van der Waals surface area (Å²) in [5.41, 5.74) is 0.331. The van der Waals surface area contributed by atoms with Gasteiger partial charge in [0.05, 0.1) is 0 Å². The molecule has 0 aliphatic heterocycles. The minimum atomic E-state index is 0.0620. The highest BCUT2D eigenvalue weighted by Crippen LogP contribution is 2.44. The van der Waals surface area contributed by atoms with Gasteiger partial charge in [-0.3, -0.25) is 4.79 Å². The number of hydrogen-bond donors (Lipinski definition) is 1. The Morgan fingerprint density at radius 2 is 2.31 bits per heavy atom. The van der Waals surface area contributed by atoms with E-state index in [4.69, 9.17) is 6.42 Å². The van der Waals surface area contributed by atoms with Crippen molar-refractivity contribution < 1.29 is 4.79 Å². The molecule has 0 bridgehead atoms. The van der Waals surface area contributed by atoms with Crippen LogP contribution in [0.25, 0.3) is 0 Å². The molecule has 0 aromatic carbocycles. The average molecular weight is 179 g/mol. The second-order valence-electron chi connectivity index (χ2n) is 3.97. The minimum absolute atomic E-state index is 0.0620. The van der Waals surface area contributed by atoms with Crippen LogP contribution < -0.4 is 5.32 Å². The maximum atomic E-state index is 10.8. The average Bonchev–Trinajstić information content (AvgIpc) is 2.02. The molecule has 1 fully saturated rings. The first-order valence-electron chi connectivity index (χ1n) is 4.86. The Balaban J connectivity index is 2.32. The van der Waals surface area contributed by atoms with Crippen LogP contribution in [0.3, 0.4) is 0 Å². The van der Waals surface area contributed by atoms with E-state index in [1.807, 2.05) is 0 Å². The van der Waals surface area contributed by atoms with Gasteiger partial charge in [-0.1, -0.05) is 6.42 Å². The van der Waals surface area contributed by atoms with Gasteiger partial charge in [0.1, 0.15) is 0 Å². The van der Waals surface area contributed by atoms with Gasteiger partial charge in [0.2, 0.25) is 5.91 Å². The maximum Gasteiger partial charge on any atom is 0.216 e. The number of terminal acetylenes is 1. The summed E-state index contributed by atoms with van der Waals surface area (Å²) in [4.78, 5) is 10.8. The van der Waals surface area contributed by atoms with E-state index in [-0.39, 0.29) is 5.91 Å². The lowest BCUT2D eigenvalue weighted by Gasteiger charge is -2.41. The normalized spacial score (nSPS) is 18.5. The van der Waals surface area contributed by atoms with Crippen LogP contribution >= 0.6 is 0 Å². The van der Waals surface area contributed by atoms with Crippen LogP contribution in [-0.2, 0) is 4.79 Å². The molecule has 2 nitrogen and oxygen atoms in total. The van der Waals surface area contributed by atoms with Crippen LogP contribution in [0.2, 0.25) is 0 Å². The van der Waals surface area contributed by atoms with E-state index in [2.05, 4.69) is 11.2 Å². The van der Waals surface area contributed by atoms with Crippen LogP contribution in [0.4, 0.5) is 0 Å². The van der Waals surface area contributed by atoms with Gasteiger partial charge in [-0.05, 0) is 24.7 Å². The molecule has 1 N–H and O–H groups in total. The Kier molecular flexibility index (Phi) is 3.36. The summed E-state index contributed by atoms with van der Waals surface area (Å²) >= 11 is 0. The number of hydrogen-bond acceptors (Lipinski definition) is 1. The molecule has 1 rings (SSSR count). The lowest BCUT2D eigenvalue weighted by atomic mass is 9.66. The summed E-state index contributed by atoms with van der Waals surface area (Å²) in [6.07, 6.45) is 10.8. The van der Waals surface area contributed by atoms with E-state index in [9.17, 15) is 4.79 Å². The molecule has 1 aliphatic rings. The zero-order valence-electron chi connectivity index (χ0n) is 8.23. The number of amides is 1. The Labute approximate surface area is 80.1 Å². The molecular formula is C11H17NO. The zero-order chi connectivity index (χ0) is 9.73. The van der Waals surface area contributed by atoms with E-state index >= 15 is 0 Å². The van der Waals surface area contributed by atoms with E-state index in [1.165, 1.54) is 19.3 Å². The second-order valence-corrected chi connectivity index (χ2v) is 3.97. The molecule has 2 heteroatoms. The maximum absolute atomic E-state index is 10.8. The molecule has 0 heterocycles. The number of rotatable bonds is 4. The first-order chi connectivity index (χ1) is 6.18. The van der Waals surface area contributed by atoms with Gasteiger partial charge < -0.3 is 5.32 Å². The number of carbonyl (C=O) groups excluding carboxylic acids is 1. The summed E-state index contributed by atoms with van der Waals surface area (Å²) in [7, 11) is 0. The molecule has 0 atom stereocenters. The lowest BCUT2D eigenvalue weighted by Crippen LogP contribution is -2.41. The highest BCUT2D eigenvalue weighted by atomic mass is 16.1. The fourth-order valence-corrected chi connectivity index (χ4v) is 1.84. The molecule has 0 saturated heterocycles. The Morgan fingerprint density at radius 1 is 1.62 bits per heavy atom. The summed E-state index contributed by atoms with van der Waals surface area (Å²) in [5.74, 6) is 2.73. The first kappa shape index (κ1) is 10.1. The number of carbonyl (C=O) groups is 1. The monoisotopic (exact) mass is 179 g/mol. The van der Waals surface area contributed by atoms with E-state index in [0.717, 1.165) is 19.4 Å². The minimum Gasteiger partial charge on any atom is -0.356 e. The quantitative estimate of drug-likeness (QED) is 0.654. The fourth-order valence-electron chi connectivity index (χ4n) is 1.84. The van der Waals surface area contributed by atoms with Crippen LogP contribution in [0.5, 0.6) is 0 Å². The van der Waals surface area contributed by atoms with Crippen LogP contribution in [0, 0.1) is 17.8 Å². The molecule has 1 aliphatic carbocycles. The molecule has 1 saturated carbocycles. The molecule has 0 aromatic rings. The molecule has 1 amide bonds. The summed E-state index contributed by atoms with van der Waals surface area (Å²) in [6, 6.07) is 0. The van der Waals surface area contributed by atoms with Crippen molar-refractivity contribution in [3.05, 3.63) is 0 Å². The molecule has 13 heavy (non-hydrogen) atoms. The van der Waals surface area contributed by atoms with E-state index in [1.54, 1.807) is 6.92 Å². The van der Waals surface area contributed by atoms with Crippen LogP contribution in [0.1, 0.15) is 39.0 Å². The Morgan fingerprint density at radius 3 is 2.69 bits per heavy atom. The predicted octanol–water partition coefficient (Wildman–Crippen LogP) is 1.71. The van der Waals surface area contributed by atoms with Gasteiger partial charge in [-0.15, -0.1) is 12.3 Å². The van der Waals surface area contributed by atoms with Crippen molar-refractivity contribution in [1.82, 2.24) is 5.32 Å². The Bertz CT molecular complexity index is 223. The van der Waals surface area contributed by atoms with Crippen LogP contribution in [0.15, 0.2) is 0 Å². The summed E-state index contributed by atoms with van der Waals surface area (Å²) in [5, 5.41) is 2.89. The van der Waals surface area contributed by atoms with Crippen molar-refractivity contribution >= 4 is 5.91 Å². The third-order valence-corrected chi connectivity index (χ3v) is 2.93. The topological polar surface area (TPSA) is 29.1 Å². The summed E-state index contributed by atoms with van der Waals surface area (Å²) in [6.45, 7) is 2.37. The smallest absolute Gasteiger partial charge is 0.216 e. The summed E-state index contributed by atoms with van der Waals surface area (Å²) < 4.78 is 0. The Hall–Kier alpha value is -0.970. The van der Waals surface area contributed by atoms with Crippen molar-refractivity contribution in [2.75, 3.05) is 6.54 Å². The molecular weight excluding hydrogens is 162 g/mol. The van der Waals surface area contributed by atoms with Crippen molar-refractivity contribution in [1.29, 1.82) is 0 Å². The molecule has 0 unspecified atom stereocenters. The third kappa shape index (κ3) is 2.77. The van der Waals surface area contributed by atoms with Crippen molar-refractivity contribution in [2.45, 2.75) is 39.0 Å². The number of nitrogens with one attached hydrogen (secondary N) is 1. The van der Waals surface area contributed by atoms with Gasteiger partial charge >= 0.3 is 0 Å². The van der Waals surface area contributed by atoms with Crippen molar-refractivity contribution in [3.8, 4) is 12.3 Å². The van der Waals surface area contributed by atoms with Gasteiger partial charge in [0, 0.05) is 19.9 Å². The van der Waals surface area contributed by atoms with Crippen molar-refractivity contribution in [2.24, 2.45) is 5.41 Å². The first-order valence-corrected chi connectivity index (χ1v) is 4.86. The molecule has 0 spiro atoms. The van der Waals surface area contributed by atoms with Crippen LogP contribution in [-0.4, -0.2) is 12.5 Å². The largest absolute Gasteiger partial charge is 0.356 e. The second kappa shape index (κ2) is 4.32. The van der Waals surface area contributed by atoms with Gasteiger partial charge in [0.25, 0.3) is 0 Å². The van der Waals surface area contributed by atoms with E-state index < -0.39 is 0 Å². The van der Waals surface area contributed by atoms with Crippen molar-refractivity contribution in [3.63, 3.8) is 0 Å². The predicted molar refractivity (Wildman–Crippen MR) is 53.0 cm³/mol. The van der Waals surface area contributed by atoms with E-state index in [0.29, 0.717) is 5.41 Å². The SMILES string of the molecule is C#CCCC1(CNC(C)=O)CCC1. The molecule has 72 valence electrons. The van der Waals surface area contributed by atoms with Gasteiger partial charge in [-0.25, -0.2) is 0 Å². The molecule has 0 radical (unpaired) electrons. The zero-order valence-corrected chi connectivity index (χ0v) is 8.23. The highest BCUT2D eigenvalue weighted by Gasteiger charge is 2.35. The fraction of sp³-hybridized carbons (Fsp3) is 0.727. The standard InChI is InChI=1S/C11H17NO/c1-3-4-6-11(7-5-8-11)9-12-10(2)13/h1H,4-9H2,2H3,(H,12,13).